The van der Waals surface area contributed by atoms with Crippen LogP contribution in [0.4, 0.5) is 11.5 Å². The molecule has 1 aromatic heterocycles. The van der Waals surface area contributed by atoms with E-state index in [1.54, 1.807) is 6.07 Å². The van der Waals surface area contributed by atoms with Gasteiger partial charge >= 0.3 is 0 Å². The molecule has 258 valence electrons. The standard InChI is InChI=1S/C39H43N7O4/c40-38(48)32-14-16-35(42-37(32)27-10-12-31(13-11-27)50-30-7-2-1-3-8-30)46-20-18-29(19-21-46)45-24-22-44(23-25-45)26-28-6-4-5-9-33(28)41-34-15-17-36(47)43-39(34)49/h1-14,16,29,34,41H,15,17-26H2,(H2,40,48)(H,43,47,49). The molecule has 50 heavy (non-hydrogen) atoms. The molecule has 0 saturated carbocycles. The van der Waals surface area contributed by atoms with E-state index in [4.69, 9.17) is 15.5 Å². The van der Waals surface area contributed by atoms with E-state index in [1.165, 1.54) is 0 Å². The van der Waals surface area contributed by atoms with E-state index in [1.807, 2.05) is 78.9 Å². The van der Waals surface area contributed by atoms with Gasteiger partial charge in [-0.05, 0) is 79.4 Å². The Morgan fingerprint density at radius 1 is 0.820 bits per heavy atom. The van der Waals surface area contributed by atoms with Crippen molar-refractivity contribution < 1.29 is 19.1 Å². The second-order valence-electron chi connectivity index (χ2n) is 13.2. The number of carbonyl (C=O) groups is 3. The van der Waals surface area contributed by atoms with Crippen molar-refractivity contribution in [3.05, 3.63) is 102 Å². The van der Waals surface area contributed by atoms with Gasteiger partial charge in [0, 0.05) is 69.5 Å². The fourth-order valence-electron chi connectivity index (χ4n) is 7.15. The number of primary amides is 1. The highest BCUT2D eigenvalue weighted by Gasteiger charge is 2.30. The summed E-state index contributed by atoms with van der Waals surface area (Å²) in [6.07, 6.45) is 2.94. The molecule has 3 fully saturated rings. The van der Waals surface area contributed by atoms with Crippen LogP contribution in [0.5, 0.6) is 11.5 Å². The predicted octanol–water partition coefficient (Wildman–Crippen LogP) is 4.64. The predicted molar refractivity (Wildman–Crippen MR) is 193 cm³/mol. The maximum absolute atomic E-state index is 12.4. The van der Waals surface area contributed by atoms with Crippen LogP contribution < -0.4 is 26.0 Å². The Morgan fingerprint density at radius 3 is 2.24 bits per heavy atom. The number of hydrogen-bond acceptors (Lipinski definition) is 9. The third-order valence-electron chi connectivity index (χ3n) is 9.94. The number of nitrogens with two attached hydrogens (primary N) is 1. The molecule has 4 N–H and O–H groups in total. The number of piperazine rings is 1. The van der Waals surface area contributed by atoms with Gasteiger partial charge in [0.05, 0.1) is 11.3 Å². The van der Waals surface area contributed by atoms with Crippen LogP contribution in [0.3, 0.4) is 0 Å². The Morgan fingerprint density at radius 2 is 1.52 bits per heavy atom. The largest absolute Gasteiger partial charge is 0.457 e. The summed E-state index contributed by atoms with van der Waals surface area (Å²) < 4.78 is 5.94. The SMILES string of the molecule is NC(=O)c1ccc(N2CCC(N3CCN(Cc4ccccc4NC4CCC(=O)NC4=O)CC3)CC2)nc1-c1ccc(Oc2ccccc2)cc1. The van der Waals surface area contributed by atoms with E-state index >= 15 is 0 Å². The molecule has 11 heteroatoms. The number of imide groups is 1. The molecule has 3 aromatic carbocycles. The third kappa shape index (κ3) is 7.79. The number of nitrogens with zero attached hydrogens (tertiary/aromatic N) is 4. The zero-order valence-corrected chi connectivity index (χ0v) is 28.1. The summed E-state index contributed by atoms with van der Waals surface area (Å²) >= 11 is 0. The van der Waals surface area contributed by atoms with E-state index in [0.29, 0.717) is 35.9 Å². The van der Waals surface area contributed by atoms with Crippen LogP contribution in [0.1, 0.15) is 41.6 Å². The van der Waals surface area contributed by atoms with Gasteiger partial charge in [-0.2, -0.15) is 0 Å². The normalized spacial score (nSPS) is 19.2. The first-order valence-electron chi connectivity index (χ1n) is 17.4. The minimum absolute atomic E-state index is 0.206. The highest BCUT2D eigenvalue weighted by molar-refractivity contribution is 6.01. The second-order valence-corrected chi connectivity index (χ2v) is 13.2. The molecule has 0 radical (unpaired) electrons. The van der Waals surface area contributed by atoms with Gasteiger partial charge in [-0.3, -0.25) is 29.5 Å². The van der Waals surface area contributed by atoms with Gasteiger partial charge < -0.3 is 20.7 Å². The Hall–Kier alpha value is -5.26. The van der Waals surface area contributed by atoms with Crippen molar-refractivity contribution >= 4 is 29.2 Å². The van der Waals surface area contributed by atoms with Crippen molar-refractivity contribution in [1.29, 1.82) is 0 Å². The molecule has 0 bridgehead atoms. The number of para-hydroxylation sites is 2. The van der Waals surface area contributed by atoms with Crippen LogP contribution in [0.2, 0.25) is 0 Å². The maximum atomic E-state index is 12.4. The summed E-state index contributed by atoms with van der Waals surface area (Å²) in [5, 5.41) is 5.82. The van der Waals surface area contributed by atoms with E-state index < -0.39 is 11.9 Å². The molecule has 4 aromatic rings. The van der Waals surface area contributed by atoms with Crippen LogP contribution in [-0.2, 0) is 16.1 Å². The lowest BCUT2D eigenvalue weighted by Gasteiger charge is -2.43. The molecular formula is C39H43N7O4. The molecule has 0 aliphatic carbocycles. The molecule has 3 aliphatic rings. The number of pyridine rings is 1. The summed E-state index contributed by atoms with van der Waals surface area (Å²) in [6.45, 7) is 6.54. The summed E-state index contributed by atoms with van der Waals surface area (Å²) in [4.78, 5) is 48.6. The minimum Gasteiger partial charge on any atom is -0.457 e. The molecule has 11 nitrogen and oxygen atoms in total. The van der Waals surface area contributed by atoms with Gasteiger partial charge in [0.2, 0.25) is 11.8 Å². The highest BCUT2D eigenvalue weighted by atomic mass is 16.5. The van der Waals surface area contributed by atoms with Crippen LogP contribution >= 0.6 is 0 Å². The average Bonchev–Trinajstić information content (AvgIpc) is 3.14. The number of anilines is 2. The fourth-order valence-corrected chi connectivity index (χ4v) is 7.15. The molecule has 0 spiro atoms. The Kier molecular flexibility index (Phi) is 10.0. The van der Waals surface area contributed by atoms with E-state index in [9.17, 15) is 14.4 Å². The van der Waals surface area contributed by atoms with E-state index in [0.717, 1.165) is 87.0 Å². The van der Waals surface area contributed by atoms with Gasteiger partial charge in [0.1, 0.15) is 23.4 Å². The van der Waals surface area contributed by atoms with Crippen LogP contribution in [-0.4, -0.2) is 83.9 Å². The van der Waals surface area contributed by atoms with Crippen molar-refractivity contribution in [1.82, 2.24) is 20.1 Å². The zero-order valence-electron chi connectivity index (χ0n) is 28.1. The van der Waals surface area contributed by atoms with Crippen LogP contribution in [0.15, 0.2) is 91.0 Å². The van der Waals surface area contributed by atoms with E-state index in [2.05, 4.69) is 31.4 Å². The first-order valence-corrected chi connectivity index (χ1v) is 17.4. The first-order chi connectivity index (χ1) is 24.4. The molecule has 1 atom stereocenters. The van der Waals surface area contributed by atoms with Crippen molar-refractivity contribution in [2.75, 3.05) is 49.5 Å². The maximum Gasteiger partial charge on any atom is 0.250 e. The summed E-state index contributed by atoms with van der Waals surface area (Å²) in [6, 6.07) is 29.1. The molecule has 3 aliphatic heterocycles. The number of carbonyl (C=O) groups excluding carboxylic acids is 3. The number of rotatable bonds is 10. The van der Waals surface area contributed by atoms with Crippen molar-refractivity contribution in [2.45, 2.75) is 44.3 Å². The quantitative estimate of drug-likeness (QED) is 0.206. The Bertz CT molecular complexity index is 1820. The molecule has 4 heterocycles. The zero-order chi connectivity index (χ0) is 34.5. The third-order valence-corrected chi connectivity index (χ3v) is 9.94. The number of ether oxygens (including phenoxy) is 1. The molecule has 3 saturated heterocycles. The van der Waals surface area contributed by atoms with Crippen LogP contribution in [0.25, 0.3) is 11.3 Å². The number of hydrogen-bond donors (Lipinski definition) is 3. The molecule has 3 amide bonds. The smallest absolute Gasteiger partial charge is 0.250 e. The lowest BCUT2D eigenvalue weighted by molar-refractivity contribution is -0.133. The van der Waals surface area contributed by atoms with Gasteiger partial charge in [-0.1, -0.05) is 36.4 Å². The van der Waals surface area contributed by atoms with Crippen molar-refractivity contribution in [3.8, 4) is 22.8 Å². The van der Waals surface area contributed by atoms with Gasteiger partial charge in [-0.25, -0.2) is 4.98 Å². The highest BCUT2D eigenvalue weighted by Crippen LogP contribution is 2.30. The first kappa shape index (κ1) is 33.2. The van der Waals surface area contributed by atoms with Crippen molar-refractivity contribution in [2.24, 2.45) is 5.73 Å². The Labute approximate surface area is 292 Å². The topological polar surface area (TPSA) is 133 Å². The van der Waals surface area contributed by atoms with Gasteiger partial charge in [0.25, 0.3) is 5.91 Å². The fraction of sp³-hybridized carbons (Fsp3) is 0.333. The second kappa shape index (κ2) is 15.1. The summed E-state index contributed by atoms with van der Waals surface area (Å²) in [5.74, 6) is 1.34. The molecule has 1 unspecified atom stereocenters. The van der Waals surface area contributed by atoms with Crippen LogP contribution in [0, 0.1) is 0 Å². The number of piperidine rings is 2. The lowest BCUT2D eigenvalue weighted by Crippen LogP contribution is -2.53. The molecule has 7 rings (SSSR count). The van der Waals surface area contributed by atoms with Crippen molar-refractivity contribution in [3.63, 3.8) is 0 Å². The lowest BCUT2D eigenvalue weighted by atomic mass is 10.0. The number of amides is 3. The van der Waals surface area contributed by atoms with Gasteiger partial charge in [-0.15, -0.1) is 0 Å². The minimum atomic E-state index is -0.504. The number of benzene rings is 3. The van der Waals surface area contributed by atoms with Gasteiger partial charge in [0.15, 0.2) is 0 Å². The number of nitrogens with one attached hydrogen (secondary N) is 2. The molecular weight excluding hydrogens is 630 g/mol. The average molecular weight is 674 g/mol. The number of aromatic nitrogens is 1. The van der Waals surface area contributed by atoms with E-state index in [-0.39, 0.29) is 11.8 Å². The monoisotopic (exact) mass is 673 g/mol. The Balaban J connectivity index is 0.931. The summed E-state index contributed by atoms with van der Waals surface area (Å²) in [5.41, 5.74) is 9.66. The summed E-state index contributed by atoms with van der Waals surface area (Å²) in [7, 11) is 0.